The Hall–Kier alpha value is -0.440. The van der Waals surface area contributed by atoms with E-state index in [4.69, 9.17) is 0 Å². The van der Waals surface area contributed by atoms with Crippen LogP contribution >= 0.6 is 11.8 Å². The van der Waals surface area contributed by atoms with Crippen molar-refractivity contribution in [3.63, 3.8) is 0 Å². The fraction of sp³-hybridized carbons (Fsp3) is 0.333. The topological polar surface area (TPSA) is 28.7 Å². The summed E-state index contributed by atoms with van der Waals surface area (Å²) in [6.07, 6.45) is 3.73. The molecule has 1 aromatic rings. The van der Waals surface area contributed by atoms with Gasteiger partial charge in [-0.25, -0.2) is 4.98 Å². The van der Waals surface area contributed by atoms with Crippen LogP contribution in [0.5, 0.6) is 0 Å². The number of hydrogen-bond donors (Lipinski definition) is 1. The number of aromatic nitrogens is 2. The third-order valence-electron chi connectivity index (χ3n) is 1.10. The fourth-order valence-electron chi connectivity index (χ4n) is 0.600. The normalized spacial score (nSPS) is 10.0. The highest BCUT2D eigenvalue weighted by Crippen LogP contribution is 2.10. The van der Waals surface area contributed by atoms with Gasteiger partial charge in [0.15, 0.2) is 0 Å². The van der Waals surface area contributed by atoms with Crippen molar-refractivity contribution in [1.82, 2.24) is 9.97 Å². The van der Waals surface area contributed by atoms with Gasteiger partial charge >= 0.3 is 0 Å². The molecular weight excluding hydrogens is 132 g/mol. The van der Waals surface area contributed by atoms with Gasteiger partial charge in [0.25, 0.3) is 0 Å². The monoisotopic (exact) mass is 141 g/mol. The predicted octanol–water partition coefficient (Wildman–Crippen LogP) is 1.59. The Kier molecular flexibility index (Phi) is 2.16. The fourth-order valence-corrected chi connectivity index (χ4v) is 1.06. The first-order chi connectivity index (χ1) is 4.34. The van der Waals surface area contributed by atoms with Crippen molar-refractivity contribution in [3.05, 3.63) is 23.5 Å². The average molecular weight is 141 g/mol. The van der Waals surface area contributed by atoms with Gasteiger partial charge in [-0.15, -0.1) is 0 Å². The van der Waals surface area contributed by atoms with E-state index >= 15 is 0 Å². The number of H-pyrrole nitrogens is 1. The van der Waals surface area contributed by atoms with Gasteiger partial charge in [-0.1, -0.05) is 0 Å². The van der Waals surface area contributed by atoms with Crippen LogP contribution in [0.4, 0.5) is 0 Å². The molecule has 1 radical (unpaired) electrons. The third-order valence-corrected chi connectivity index (χ3v) is 1.56. The van der Waals surface area contributed by atoms with Gasteiger partial charge in [0.1, 0.15) is 0 Å². The molecule has 1 heterocycles. The summed E-state index contributed by atoms with van der Waals surface area (Å²) in [7, 11) is 0. The summed E-state index contributed by atoms with van der Waals surface area (Å²) in [6, 6.07) is 0. The molecule has 1 rings (SSSR count). The Morgan fingerprint density at radius 1 is 1.78 bits per heavy atom. The largest absolute Gasteiger partial charge is 0.348 e. The number of nitrogens with zero attached hydrogens (tertiary/aromatic N) is 1. The molecule has 0 aromatic carbocycles. The zero-order chi connectivity index (χ0) is 6.69. The van der Waals surface area contributed by atoms with Crippen LogP contribution in [0, 0.1) is 12.7 Å². The van der Waals surface area contributed by atoms with E-state index in [-0.39, 0.29) is 0 Å². The first-order valence-corrected chi connectivity index (χ1v) is 3.99. The molecule has 0 saturated carbocycles. The molecule has 0 saturated heterocycles. The summed E-state index contributed by atoms with van der Waals surface area (Å²) in [6.45, 7) is 2.01. The van der Waals surface area contributed by atoms with Crippen LogP contribution in [0.2, 0.25) is 0 Å². The van der Waals surface area contributed by atoms with Crippen LogP contribution in [0.15, 0.2) is 6.33 Å². The van der Waals surface area contributed by atoms with Crippen LogP contribution in [0.1, 0.15) is 11.4 Å². The van der Waals surface area contributed by atoms with Crippen LogP contribution in [0.3, 0.4) is 0 Å². The predicted molar refractivity (Wildman–Crippen MR) is 40.2 cm³/mol. The van der Waals surface area contributed by atoms with E-state index in [0.717, 1.165) is 11.4 Å². The number of imidazole rings is 1. The summed E-state index contributed by atoms with van der Waals surface area (Å²) in [4.78, 5) is 7.07. The Morgan fingerprint density at radius 3 is 3.00 bits per heavy atom. The molecule has 0 spiro atoms. The van der Waals surface area contributed by atoms with Gasteiger partial charge < -0.3 is 4.98 Å². The number of hydrogen-bond acceptors (Lipinski definition) is 2. The summed E-state index contributed by atoms with van der Waals surface area (Å²) >= 11 is 1.67. The average Bonchev–Trinajstić information content (AvgIpc) is 2.18. The van der Waals surface area contributed by atoms with Crippen molar-refractivity contribution in [2.75, 3.05) is 6.26 Å². The maximum absolute atomic E-state index is 4.07. The molecule has 0 bridgehead atoms. The van der Waals surface area contributed by atoms with Gasteiger partial charge in [0.2, 0.25) is 0 Å². The molecule has 0 unspecified atom stereocenters. The van der Waals surface area contributed by atoms with Gasteiger partial charge in [-0.2, -0.15) is 11.8 Å². The molecule has 1 aromatic heterocycles. The minimum absolute atomic E-state index is 1.04. The van der Waals surface area contributed by atoms with Crippen LogP contribution in [-0.4, -0.2) is 16.2 Å². The minimum atomic E-state index is 1.04. The van der Waals surface area contributed by atoms with Crippen LogP contribution in [0.25, 0.3) is 0 Å². The maximum Gasteiger partial charge on any atom is 0.0925 e. The Bertz CT molecular complexity index is 183. The molecule has 2 nitrogen and oxygen atoms in total. The lowest BCUT2D eigenvalue weighted by Gasteiger charge is -1.90. The second-order valence-electron chi connectivity index (χ2n) is 1.77. The maximum atomic E-state index is 4.07. The summed E-state index contributed by atoms with van der Waals surface area (Å²) in [5.74, 6) is 2.02. The second-order valence-corrected chi connectivity index (χ2v) is 2.47. The summed E-state index contributed by atoms with van der Waals surface area (Å²) in [5.41, 5.74) is 2.17. The SMILES string of the molecule is CS[CH]c1nc[nH]c1C. The highest BCUT2D eigenvalue weighted by atomic mass is 32.2. The van der Waals surface area contributed by atoms with Crippen molar-refractivity contribution in [2.45, 2.75) is 6.92 Å². The minimum Gasteiger partial charge on any atom is -0.348 e. The molecule has 3 heteroatoms. The number of nitrogens with one attached hydrogen (secondary N) is 1. The lowest BCUT2D eigenvalue weighted by Crippen LogP contribution is -1.79. The van der Waals surface area contributed by atoms with Crippen LogP contribution < -0.4 is 0 Å². The highest BCUT2D eigenvalue weighted by molar-refractivity contribution is 8.00. The van der Waals surface area contributed by atoms with E-state index < -0.39 is 0 Å². The van der Waals surface area contributed by atoms with E-state index in [1.165, 1.54) is 0 Å². The van der Waals surface area contributed by atoms with E-state index in [2.05, 4.69) is 9.97 Å². The molecule has 0 aliphatic heterocycles. The number of rotatable bonds is 2. The first-order valence-electron chi connectivity index (χ1n) is 2.70. The van der Waals surface area contributed by atoms with Gasteiger partial charge in [-0.05, 0) is 13.2 Å². The zero-order valence-corrected chi connectivity index (χ0v) is 6.33. The quantitative estimate of drug-likeness (QED) is 0.677. The number of aromatic amines is 1. The first kappa shape index (κ1) is 6.68. The van der Waals surface area contributed by atoms with Gasteiger partial charge in [0.05, 0.1) is 17.8 Å². The molecule has 49 valence electrons. The Morgan fingerprint density at radius 2 is 2.56 bits per heavy atom. The van der Waals surface area contributed by atoms with Crippen molar-refractivity contribution in [2.24, 2.45) is 0 Å². The van der Waals surface area contributed by atoms with E-state index in [0.29, 0.717) is 0 Å². The number of thioether (sulfide) groups is 1. The molecular formula is C6H9N2S. The van der Waals surface area contributed by atoms with E-state index in [1.807, 2.05) is 18.9 Å². The molecule has 0 atom stereocenters. The summed E-state index contributed by atoms with van der Waals surface area (Å²) < 4.78 is 0. The molecule has 0 amide bonds. The van der Waals surface area contributed by atoms with E-state index in [9.17, 15) is 0 Å². The lowest BCUT2D eigenvalue weighted by atomic mass is 10.4. The standard InChI is InChI=1S/C6H9N2S/c1-5-6(3-9-2)8-4-7-5/h3-4H,1-2H3,(H,7,8). The zero-order valence-electron chi connectivity index (χ0n) is 5.51. The van der Waals surface area contributed by atoms with Crippen molar-refractivity contribution >= 4 is 11.8 Å². The molecule has 9 heavy (non-hydrogen) atoms. The second kappa shape index (κ2) is 2.92. The molecule has 0 fully saturated rings. The lowest BCUT2D eigenvalue weighted by molar-refractivity contribution is 1.25. The summed E-state index contributed by atoms with van der Waals surface area (Å²) in [5, 5.41) is 0. The highest BCUT2D eigenvalue weighted by Gasteiger charge is 1.97. The molecule has 0 aliphatic rings. The van der Waals surface area contributed by atoms with Gasteiger partial charge in [-0.3, -0.25) is 0 Å². The van der Waals surface area contributed by atoms with Crippen LogP contribution in [-0.2, 0) is 0 Å². The van der Waals surface area contributed by atoms with Crippen molar-refractivity contribution < 1.29 is 0 Å². The third kappa shape index (κ3) is 1.48. The smallest absolute Gasteiger partial charge is 0.0925 e. The Balaban J connectivity index is 2.69. The molecule has 1 N–H and O–H groups in total. The van der Waals surface area contributed by atoms with Crippen molar-refractivity contribution in [3.8, 4) is 0 Å². The Labute approximate surface area is 59.1 Å². The van der Waals surface area contributed by atoms with Gasteiger partial charge in [0, 0.05) is 5.69 Å². The van der Waals surface area contributed by atoms with E-state index in [1.54, 1.807) is 18.1 Å². The number of aryl methyl sites for hydroxylation is 1. The molecule has 0 aliphatic carbocycles. The van der Waals surface area contributed by atoms with Crippen molar-refractivity contribution in [1.29, 1.82) is 0 Å².